The van der Waals surface area contributed by atoms with Gasteiger partial charge in [-0.25, -0.2) is 0 Å². The third-order valence-corrected chi connectivity index (χ3v) is 6.71. The predicted molar refractivity (Wildman–Crippen MR) is 106 cm³/mol. The minimum atomic E-state index is -0.103. The van der Waals surface area contributed by atoms with Crippen LogP contribution in [0, 0.1) is 11.8 Å². The predicted octanol–water partition coefficient (Wildman–Crippen LogP) is 6.20. The Labute approximate surface area is 152 Å². The van der Waals surface area contributed by atoms with E-state index in [1.165, 1.54) is 64.2 Å². The lowest BCUT2D eigenvalue weighted by atomic mass is 9.74. The fraction of sp³-hybridized carbons (Fsp3) is 1.00. The molecule has 0 aromatic rings. The summed E-state index contributed by atoms with van der Waals surface area (Å²) in [5.41, 5.74) is 6.72. The first-order chi connectivity index (χ1) is 11.6. The van der Waals surface area contributed by atoms with E-state index in [2.05, 4.69) is 20.8 Å². The summed E-state index contributed by atoms with van der Waals surface area (Å²) in [5.74, 6) is 1.36. The van der Waals surface area contributed by atoms with E-state index in [1.807, 2.05) is 0 Å². The van der Waals surface area contributed by atoms with Crippen molar-refractivity contribution in [2.75, 3.05) is 0 Å². The summed E-state index contributed by atoms with van der Waals surface area (Å²) >= 11 is 0. The quantitative estimate of drug-likeness (QED) is 0.370. The van der Waals surface area contributed by atoms with Gasteiger partial charge in [0.25, 0.3) is 0 Å². The molecule has 1 rings (SSSR count). The Morgan fingerprint density at radius 1 is 0.917 bits per heavy atom. The molecular formula is C22H45NO. The SMILES string of the molecule is CCCCCCCC(CCC(O)CC1CCCC1)C(N)(CC)CC. The van der Waals surface area contributed by atoms with Crippen LogP contribution >= 0.6 is 0 Å². The molecular weight excluding hydrogens is 294 g/mol. The molecule has 144 valence electrons. The van der Waals surface area contributed by atoms with Gasteiger partial charge in [0, 0.05) is 5.54 Å². The van der Waals surface area contributed by atoms with E-state index in [1.54, 1.807) is 0 Å². The van der Waals surface area contributed by atoms with Crippen LogP contribution in [0.4, 0.5) is 0 Å². The zero-order valence-electron chi connectivity index (χ0n) is 16.9. The molecule has 0 amide bonds. The largest absolute Gasteiger partial charge is 0.393 e. The van der Waals surface area contributed by atoms with Gasteiger partial charge in [0.1, 0.15) is 0 Å². The van der Waals surface area contributed by atoms with Gasteiger partial charge >= 0.3 is 0 Å². The molecule has 0 aromatic carbocycles. The van der Waals surface area contributed by atoms with Crippen molar-refractivity contribution in [2.45, 2.75) is 129 Å². The second-order valence-electron chi connectivity index (χ2n) is 8.46. The van der Waals surface area contributed by atoms with Crippen LogP contribution in [0.1, 0.15) is 117 Å². The lowest BCUT2D eigenvalue weighted by Gasteiger charge is -2.37. The number of hydrogen-bond donors (Lipinski definition) is 2. The summed E-state index contributed by atoms with van der Waals surface area (Å²) in [4.78, 5) is 0. The van der Waals surface area contributed by atoms with Gasteiger partial charge in [-0.1, -0.05) is 78.6 Å². The van der Waals surface area contributed by atoms with Crippen LogP contribution in [-0.4, -0.2) is 16.7 Å². The molecule has 0 saturated heterocycles. The van der Waals surface area contributed by atoms with Gasteiger partial charge in [-0.05, 0) is 50.4 Å². The molecule has 1 aliphatic carbocycles. The summed E-state index contributed by atoms with van der Waals surface area (Å²) in [6.45, 7) is 6.75. The molecule has 2 atom stereocenters. The fourth-order valence-corrected chi connectivity index (χ4v) is 4.68. The second-order valence-corrected chi connectivity index (χ2v) is 8.46. The van der Waals surface area contributed by atoms with E-state index in [0.29, 0.717) is 5.92 Å². The monoisotopic (exact) mass is 339 g/mol. The van der Waals surface area contributed by atoms with Crippen molar-refractivity contribution in [2.24, 2.45) is 17.6 Å². The van der Waals surface area contributed by atoms with Gasteiger partial charge in [0.05, 0.1) is 6.10 Å². The maximum Gasteiger partial charge on any atom is 0.0543 e. The molecule has 1 fully saturated rings. The molecule has 2 unspecified atom stereocenters. The number of hydrogen-bond acceptors (Lipinski definition) is 2. The molecule has 2 heteroatoms. The normalized spacial score (nSPS) is 18.9. The van der Waals surface area contributed by atoms with Crippen molar-refractivity contribution >= 4 is 0 Å². The lowest BCUT2D eigenvalue weighted by molar-refractivity contribution is 0.111. The van der Waals surface area contributed by atoms with Gasteiger partial charge in [-0.3, -0.25) is 0 Å². The van der Waals surface area contributed by atoms with E-state index >= 15 is 0 Å². The summed E-state index contributed by atoms with van der Waals surface area (Å²) in [6.07, 6.45) is 18.4. The molecule has 0 aliphatic heterocycles. The maximum atomic E-state index is 10.5. The smallest absolute Gasteiger partial charge is 0.0543 e. The Hall–Kier alpha value is -0.0800. The molecule has 1 aliphatic rings. The first kappa shape index (κ1) is 22.0. The van der Waals surface area contributed by atoms with Crippen molar-refractivity contribution in [3.05, 3.63) is 0 Å². The first-order valence-corrected chi connectivity index (χ1v) is 11.0. The summed E-state index contributed by atoms with van der Waals surface area (Å²) in [6, 6.07) is 0. The first-order valence-electron chi connectivity index (χ1n) is 11.0. The highest BCUT2D eigenvalue weighted by molar-refractivity contribution is 4.89. The van der Waals surface area contributed by atoms with E-state index in [4.69, 9.17) is 5.73 Å². The van der Waals surface area contributed by atoms with Crippen molar-refractivity contribution < 1.29 is 5.11 Å². The molecule has 0 aromatic heterocycles. The highest BCUT2D eigenvalue weighted by atomic mass is 16.3. The Morgan fingerprint density at radius 3 is 2.12 bits per heavy atom. The number of nitrogens with two attached hydrogens (primary N) is 1. The molecule has 3 N–H and O–H groups in total. The second kappa shape index (κ2) is 12.3. The Morgan fingerprint density at radius 2 is 1.54 bits per heavy atom. The highest BCUT2D eigenvalue weighted by Gasteiger charge is 2.31. The lowest BCUT2D eigenvalue weighted by Crippen LogP contribution is -2.46. The number of unbranched alkanes of at least 4 members (excludes halogenated alkanes) is 4. The van der Waals surface area contributed by atoms with Gasteiger partial charge in [0.15, 0.2) is 0 Å². The number of aliphatic hydroxyl groups excluding tert-OH is 1. The molecule has 0 bridgehead atoms. The van der Waals surface area contributed by atoms with Crippen molar-refractivity contribution in [3.63, 3.8) is 0 Å². The minimum absolute atomic E-state index is 0.0299. The summed E-state index contributed by atoms with van der Waals surface area (Å²) in [7, 11) is 0. The molecule has 1 saturated carbocycles. The zero-order valence-corrected chi connectivity index (χ0v) is 16.9. The molecule has 2 nitrogen and oxygen atoms in total. The summed E-state index contributed by atoms with van der Waals surface area (Å²) in [5, 5.41) is 10.5. The van der Waals surface area contributed by atoms with E-state index < -0.39 is 0 Å². The number of aliphatic hydroxyl groups is 1. The van der Waals surface area contributed by atoms with Gasteiger partial charge in [0.2, 0.25) is 0 Å². The zero-order chi connectivity index (χ0) is 17.8. The van der Waals surface area contributed by atoms with Crippen LogP contribution in [0.15, 0.2) is 0 Å². The van der Waals surface area contributed by atoms with Crippen molar-refractivity contribution in [1.29, 1.82) is 0 Å². The topological polar surface area (TPSA) is 46.2 Å². The minimum Gasteiger partial charge on any atom is -0.393 e. The molecule has 24 heavy (non-hydrogen) atoms. The van der Waals surface area contributed by atoms with Gasteiger partial charge < -0.3 is 10.8 Å². The standard InChI is InChI=1S/C22H45NO/c1-4-7-8-9-10-15-20(22(23,5-2)6-3)16-17-21(24)18-19-13-11-12-14-19/h19-21,24H,4-18,23H2,1-3H3. The third kappa shape index (κ3) is 7.87. The van der Waals surface area contributed by atoms with Crippen LogP contribution in [-0.2, 0) is 0 Å². The highest BCUT2D eigenvalue weighted by Crippen LogP contribution is 2.34. The average Bonchev–Trinajstić information content (AvgIpc) is 3.09. The van der Waals surface area contributed by atoms with E-state index in [9.17, 15) is 5.11 Å². The van der Waals surface area contributed by atoms with Crippen LogP contribution in [0.25, 0.3) is 0 Å². The molecule has 0 heterocycles. The van der Waals surface area contributed by atoms with Gasteiger partial charge in [-0.2, -0.15) is 0 Å². The molecule has 0 radical (unpaired) electrons. The van der Waals surface area contributed by atoms with Crippen LogP contribution < -0.4 is 5.73 Å². The van der Waals surface area contributed by atoms with Crippen molar-refractivity contribution in [1.82, 2.24) is 0 Å². The Bertz CT molecular complexity index is 294. The third-order valence-electron chi connectivity index (χ3n) is 6.71. The fourth-order valence-electron chi connectivity index (χ4n) is 4.68. The van der Waals surface area contributed by atoms with Crippen molar-refractivity contribution in [3.8, 4) is 0 Å². The summed E-state index contributed by atoms with van der Waals surface area (Å²) < 4.78 is 0. The molecule has 0 spiro atoms. The van der Waals surface area contributed by atoms with Gasteiger partial charge in [-0.15, -0.1) is 0 Å². The van der Waals surface area contributed by atoms with E-state index in [0.717, 1.165) is 38.0 Å². The van der Waals surface area contributed by atoms with E-state index in [-0.39, 0.29) is 11.6 Å². The van der Waals surface area contributed by atoms with Crippen LogP contribution in [0.3, 0.4) is 0 Å². The Balaban J connectivity index is 2.41. The maximum absolute atomic E-state index is 10.5. The van der Waals surface area contributed by atoms with Crippen LogP contribution in [0.5, 0.6) is 0 Å². The average molecular weight is 340 g/mol. The van der Waals surface area contributed by atoms with Crippen LogP contribution in [0.2, 0.25) is 0 Å². The Kier molecular flexibility index (Phi) is 11.3. The number of rotatable bonds is 14.